The quantitative estimate of drug-likeness (QED) is 0.454. The Morgan fingerprint density at radius 3 is 2.46 bits per heavy atom. The summed E-state index contributed by atoms with van der Waals surface area (Å²) in [5.74, 6) is -0.982. The number of aryl methyl sites for hydroxylation is 1. The van der Waals surface area contributed by atoms with Gasteiger partial charge in [-0.3, -0.25) is 9.47 Å². The minimum atomic E-state index is -4.90. The second kappa shape index (κ2) is 10.3. The van der Waals surface area contributed by atoms with Gasteiger partial charge in [-0.1, -0.05) is 19.9 Å². The van der Waals surface area contributed by atoms with Crippen LogP contribution >= 0.6 is 0 Å². The largest absolute Gasteiger partial charge is 0.573 e. The van der Waals surface area contributed by atoms with Gasteiger partial charge in [0.05, 0.1) is 5.52 Å². The van der Waals surface area contributed by atoms with Crippen LogP contribution in [0.1, 0.15) is 37.9 Å². The van der Waals surface area contributed by atoms with Gasteiger partial charge in [-0.2, -0.15) is 10.2 Å². The highest BCUT2D eigenvalue weighted by Gasteiger charge is 2.35. The van der Waals surface area contributed by atoms with E-state index in [2.05, 4.69) is 19.6 Å². The summed E-state index contributed by atoms with van der Waals surface area (Å²) in [5.41, 5.74) is 1.04. The van der Waals surface area contributed by atoms with Gasteiger partial charge in [0.25, 0.3) is 0 Å². The summed E-state index contributed by atoms with van der Waals surface area (Å²) in [5, 5.41) is 9.35. The van der Waals surface area contributed by atoms with Gasteiger partial charge in [-0.15, -0.1) is 13.2 Å². The van der Waals surface area contributed by atoms with Gasteiger partial charge in [0.2, 0.25) is 0 Å². The number of anilines is 1. The molecule has 0 radical (unpaired) electrons. The molecule has 0 bridgehead atoms. The van der Waals surface area contributed by atoms with E-state index in [4.69, 9.17) is 0 Å². The average Bonchev–Trinajstić information content (AvgIpc) is 2.86. The lowest BCUT2D eigenvalue weighted by Gasteiger charge is -2.47. The molecule has 0 aliphatic carbocycles. The first-order chi connectivity index (χ1) is 17.5. The van der Waals surface area contributed by atoms with Crippen LogP contribution in [0.5, 0.6) is 5.75 Å². The molecule has 0 amide bonds. The van der Waals surface area contributed by atoms with Crippen molar-refractivity contribution in [3.05, 3.63) is 57.9 Å². The van der Waals surface area contributed by atoms with Crippen LogP contribution in [0.15, 0.2) is 35.1 Å². The van der Waals surface area contributed by atoms with Gasteiger partial charge in [0, 0.05) is 50.4 Å². The number of pyridine rings is 1. The molecule has 196 valence electrons. The molecule has 1 aliphatic heterocycles. The van der Waals surface area contributed by atoms with E-state index < -0.39 is 23.6 Å². The summed E-state index contributed by atoms with van der Waals surface area (Å²) in [6.07, 6.45) is -3.51. The molecule has 1 saturated heterocycles. The smallest absolute Gasteiger partial charge is 0.406 e. The maximum Gasteiger partial charge on any atom is 0.573 e. The van der Waals surface area contributed by atoms with Crippen molar-refractivity contribution >= 4 is 16.9 Å². The van der Waals surface area contributed by atoms with E-state index in [1.165, 1.54) is 10.6 Å². The number of nitriles is 1. The molecule has 1 aliphatic rings. The van der Waals surface area contributed by atoms with Crippen LogP contribution in [0, 0.1) is 17.1 Å². The maximum absolute atomic E-state index is 14.7. The SMILES string of the molecule is CCC1CN(Cc2ccc(OC(F)(F)F)cc2F)[C@H](CC)CN1c1nc(=O)n(C)c2ccc(C#N)nc12. The molecule has 8 nitrogen and oxygen atoms in total. The van der Waals surface area contributed by atoms with E-state index in [9.17, 15) is 27.6 Å². The van der Waals surface area contributed by atoms with E-state index in [1.54, 1.807) is 19.2 Å². The third kappa shape index (κ3) is 5.51. The fourth-order valence-corrected chi connectivity index (χ4v) is 4.74. The third-order valence-corrected chi connectivity index (χ3v) is 6.71. The highest BCUT2D eigenvalue weighted by Crippen LogP contribution is 2.31. The molecule has 3 heterocycles. The fraction of sp³-hybridized carbons (Fsp3) is 0.440. The van der Waals surface area contributed by atoms with Gasteiger partial charge in [0.1, 0.15) is 28.8 Å². The number of fused-ring (bicyclic) bond motifs is 1. The topological polar surface area (TPSA) is 87.3 Å². The summed E-state index contributed by atoms with van der Waals surface area (Å²) in [6, 6.07) is 8.24. The summed E-state index contributed by atoms with van der Waals surface area (Å²) >= 11 is 0. The summed E-state index contributed by atoms with van der Waals surface area (Å²) in [6.45, 7) is 5.15. The number of aromatic nitrogens is 3. The first-order valence-corrected chi connectivity index (χ1v) is 11.9. The van der Waals surface area contributed by atoms with Crippen LogP contribution in [-0.2, 0) is 13.6 Å². The Hall–Kier alpha value is -3.72. The normalized spacial score (nSPS) is 18.7. The molecule has 2 aromatic heterocycles. The average molecular weight is 519 g/mol. The molecular formula is C25H26F4N6O2. The Bertz CT molecular complexity index is 1400. The Balaban J connectivity index is 1.65. The summed E-state index contributed by atoms with van der Waals surface area (Å²) < 4.78 is 57.4. The molecule has 0 N–H and O–H groups in total. The molecule has 4 rings (SSSR count). The number of alkyl halides is 3. The highest BCUT2D eigenvalue weighted by atomic mass is 19.4. The van der Waals surface area contributed by atoms with Crippen molar-refractivity contribution in [1.82, 2.24) is 19.4 Å². The predicted molar refractivity (Wildman–Crippen MR) is 128 cm³/mol. The van der Waals surface area contributed by atoms with Gasteiger partial charge in [0.15, 0.2) is 5.82 Å². The van der Waals surface area contributed by atoms with E-state index >= 15 is 0 Å². The van der Waals surface area contributed by atoms with Crippen LogP contribution in [0.4, 0.5) is 23.4 Å². The summed E-state index contributed by atoms with van der Waals surface area (Å²) in [7, 11) is 1.60. The minimum Gasteiger partial charge on any atom is -0.406 e. The lowest BCUT2D eigenvalue weighted by Crippen LogP contribution is -2.58. The molecule has 1 unspecified atom stereocenters. The maximum atomic E-state index is 14.7. The number of hydrogen-bond acceptors (Lipinski definition) is 7. The monoisotopic (exact) mass is 518 g/mol. The molecule has 12 heteroatoms. The molecule has 1 fully saturated rings. The number of piperazine rings is 1. The van der Waals surface area contributed by atoms with Crippen molar-refractivity contribution < 1.29 is 22.3 Å². The Kier molecular flexibility index (Phi) is 7.36. The number of ether oxygens (including phenoxy) is 1. The third-order valence-electron chi connectivity index (χ3n) is 6.71. The molecule has 1 aromatic carbocycles. The standard InChI is InChI=1S/C25H26F4N6O2/c1-4-17-14-35(23-22-21(33(3)24(36)32-23)9-7-16(11-30)31-22)18(5-2)13-34(17)12-15-6-8-19(10-20(15)26)37-25(27,28)29/h6-10,17-18H,4-5,12-14H2,1-3H3/t17-,18?/m1/s1. The van der Waals surface area contributed by atoms with Gasteiger partial charge in [-0.25, -0.2) is 14.2 Å². The lowest BCUT2D eigenvalue weighted by atomic mass is 10.0. The van der Waals surface area contributed by atoms with Gasteiger partial charge >= 0.3 is 12.1 Å². The van der Waals surface area contributed by atoms with Crippen molar-refractivity contribution in [2.75, 3.05) is 18.0 Å². The molecule has 3 aromatic rings. The molecule has 2 atom stereocenters. The second-order valence-electron chi connectivity index (χ2n) is 8.96. The number of nitrogens with zero attached hydrogens (tertiary/aromatic N) is 6. The van der Waals surface area contributed by atoms with E-state index in [1.807, 2.05) is 24.8 Å². The van der Waals surface area contributed by atoms with Crippen molar-refractivity contribution in [1.29, 1.82) is 5.26 Å². The zero-order chi connectivity index (χ0) is 26.9. The predicted octanol–water partition coefficient (Wildman–Crippen LogP) is 4.12. The van der Waals surface area contributed by atoms with Crippen LogP contribution in [0.2, 0.25) is 0 Å². The van der Waals surface area contributed by atoms with Crippen molar-refractivity contribution in [3.8, 4) is 11.8 Å². The zero-order valence-corrected chi connectivity index (χ0v) is 20.6. The molecular weight excluding hydrogens is 492 g/mol. The minimum absolute atomic E-state index is 0.0617. The Labute approximate surface area is 210 Å². The Morgan fingerprint density at radius 1 is 1.11 bits per heavy atom. The van der Waals surface area contributed by atoms with E-state index in [-0.39, 0.29) is 29.9 Å². The van der Waals surface area contributed by atoms with E-state index in [0.29, 0.717) is 42.8 Å². The first kappa shape index (κ1) is 26.3. The fourth-order valence-electron chi connectivity index (χ4n) is 4.74. The number of benzene rings is 1. The molecule has 0 spiro atoms. The summed E-state index contributed by atoms with van der Waals surface area (Å²) in [4.78, 5) is 25.5. The van der Waals surface area contributed by atoms with E-state index in [0.717, 1.165) is 12.1 Å². The van der Waals surface area contributed by atoms with Crippen LogP contribution in [0.3, 0.4) is 0 Å². The number of rotatable bonds is 6. The number of hydrogen-bond donors (Lipinski definition) is 0. The van der Waals surface area contributed by atoms with Crippen molar-refractivity contribution in [2.45, 2.75) is 51.7 Å². The first-order valence-electron chi connectivity index (χ1n) is 11.9. The number of halogens is 4. The van der Waals surface area contributed by atoms with Crippen LogP contribution in [0.25, 0.3) is 11.0 Å². The van der Waals surface area contributed by atoms with Crippen molar-refractivity contribution in [3.63, 3.8) is 0 Å². The highest BCUT2D eigenvalue weighted by molar-refractivity contribution is 5.86. The molecule has 0 saturated carbocycles. The van der Waals surface area contributed by atoms with Gasteiger partial charge in [-0.05, 0) is 31.0 Å². The lowest BCUT2D eigenvalue weighted by molar-refractivity contribution is -0.274. The van der Waals surface area contributed by atoms with Gasteiger partial charge < -0.3 is 9.64 Å². The van der Waals surface area contributed by atoms with Crippen LogP contribution < -0.4 is 15.3 Å². The zero-order valence-electron chi connectivity index (χ0n) is 20.6. The molecule has 37 heavy (non-hydrogen) atoms. The second-order valence-corrected chi connectivity index (χ2v) is 8.96. The van der Waals surface area contributed by atoms with Crippen molar-refractivity contribution in [2.24, 2.45) is 7.05 Å². The van der Waals surface area contributed by atoms with Crippen LogP contribution in [-0.4, -0.2) is 51.0 Å². The Morgan fingerprint density at radius 2 is 1.84 bits per heavy atom.